The smallest absolute Gasteiger partial charge is 0.312 e. The molecule has 1 atom stereocenters. The number of primary amides is 1. The molecule has 3 amide bonds. The first-order chi connectivity index (χ1) is 6.93. The molecular formula is C9H20N4O2. The Morgan fingerprint density at radius 1 is 1.20 bits per heavy atom. The number of hydrogen-bond acceptors (Lipinski definition) is 3. The second-order valence-corrected chi connectivity index (χ2v) is 3.75. The van der Waals surface area contributed by atoms with Gasteiger partial charge in [-0.05, 0) is 5.92 Å². The van der Waals surface area contributed by atoms with Crippen molar-refractivity contribution in [1.82, 2.24) is 10.6 Å². The lowest BCUT2D eigenvalue weighted by molar-refractivity contribution is -0.121. The van der Waals surface area contributed by atoms with Crippen LogP contribution in [0.2, 0.25) is 0 Å². The molecule has 0 aromatic carbocycles. The van der Waals surface area contributed by atoms with Crippen LogP contribution in [0.25, 0.3) is 0 Å². The zero-order valence-electron chi connectivity index (χ0n) is 9.25. The fourth-order valence-corrected chi connectivity index (χ4v) is 0.910. The Bertz CT molecular complexity index is 218. The van der Waals surface area contributed by atoms with Crippen molar-refractivity contribution in [2.24, 2.45) is 17.4 Å². The van der Waals surface area contributed by atoms with Crippen LogP contribution in [-0.4, -0.2) is 31.1 Å². The molecule has 0 heterocycles. The van der Waals surface area contributed by atoms with Gasteiger partial charge in [0.1, 0.15) is 0 Å². The van der Waals surface area contributed by atoms with E-state index in [0.29, 0.717) is 19.5 Å². The minimum Gasteiger partial charge on any atom is -0.354 e. The molecule has 0 saturated heterocycles. The van der Waals surface area contributed by atoms with Crippen LogP contribution < -0.4 is 22.1 Å². The molecule has 0 aliphatic rings. The van der Waals surface area contributed by atoms with E-state index >= 15 is 0 Å². The second kappa shape index (κ2) is 7.05. The molecule has 6 nitrogen and oxygen atoms in total. The molecule has 0 fully saturated rings. The van der Waals surface area contributed by atoms with Crippen LogP contribution in [0.3, 0.4) is 0 Å². The van der Waals surface area contributed by atoms with Gasteiger partial charge in [0.15, 0.2) is 0 Å². The predicted molar refractivity (Wildman–Crippen MR) is 58.0 cm³/mol. The van der Waals surface area contributed by atoms with Gasteiger partial charge >= 0.3 is 6.03 Å². The summed E-state index contributed by atoms with van der Waals surface area (Å²) in [7, 11) is 0. The standard InChI is InChI=1S/C9H20N4O2/c1-6(2)7(10)5-8(14)12-3-4-13-9(11)15/h6-7H,3-5,10H2,1-2H3,(H,12,14)(H3,11,13,15). The van der Waals surface area contributed by atoms with Crippen molar-refractivity contribution in [3.63, 3.8) is 0 Å². The number of urea groups is 1. The van der Waals surface area contributed by atoms with Gasteiger partial charge in [0.05, 0.1) is 0 Å². The maximum atomic E-state index is 11.3. The van der Waals surface area contributed by atoms with Crippen LogP contribution >= 0.6 is 0 Å². The SMILES string of the molecule is CC(C)C(N)CC(=O)NCCNC(N)=O. The fraction of sp³-hybridized carbons (Fsp3) is 0.778. The number of carbonyl (C=O) groups is 2. The van der Waals surface area contributed by atoms with Gasteiger partial charge in [0.25, 0.3) is 0 Å². The summed E-state index contributed by atoms with van der Waals surface area (Å²) in [5.41, 5.74) is 10.6. The quantitative estimate of drug-likeness (QED) is 0.434. The average molecular weight is 216 g/mol. The second-order valence-electron chi connectivity index (χ2n) is 3.75. The van der Waals surface area contributed by atoms with Crippen LogP contribution in [0.5, 0.6) is 0 Å². The molecule has 6 N–H and O–H groups in total. The molecule has 0 aliphatic carbocycles. The number of rotatable bonds is 6. The van der Waals surface area contributed by atoms with Crippen LogP contribution in [0.1, 0.15) is 20.3 Å². The van der Waals surface area contributed by atoms with Crippen molar-refractivity contribution in [2.45, 2.75) is 26.3 Å². The Hall–Kier alpha value is -1.30. The van der Waals surface area contributed by atoms with Crippen molar-refractivity contribution in [2.75, 3.05) is 13.1 Å². The first-order valence-corrected chi connectivity index (χ1v) is 4.99. The topological polar surface area (TPSA) is 110 Å². The highest BCUT2D eigenvalue weighted by Crippen LogP contribution is 2.01. The lowest BCUT2D eigenvalue weighted by Crippen LogP contribution is -2.39. The van der Waals surface area contributed by atoms with E-state index in [0.717, 1.165) is 0 Å². The molecule has 1 unspecified atom stereocenters. The molecular weight excluding hydrogens is 196 g/mol. The number of nitrogens with one attached hydrogen (secondary N) is 2. The third-order valence-electron chi connectivity index (χ3n) is 2.02. The summed E-state index contributed by atoms with van der Waals surface area (Å²) in [6.45, 7) is 4.63. The summed E-state index contributed by atoms with van der Waals surface area (Å²) in [6.07, 6.45) is 0.300. The summed E-state index contributed by atoms with van der Waals surface area (Å²) >= 11 is 0. The summed E-state index contributed by atoms with van der Waals surface area (Å²) < 4.78 is 0. The van der Waals surface area contributed by atoms with Crippen molar-refractivity contribution in [3.8, 4) is 0 Å². The molecule has 6 heteroatoms. The molecule has 0 aromatic heterocycles. The van der Waals surface area contributed by atoms with Crippen molar-refractivity contribution < 1.29 is 9.59 Å². The maximum Gasteiger partial charge on any atom is 0.312 e. The average Bonchev–Trinajstić information content (AvgIpc) is 2.12. The first-order valence-electron chi connectivity index (χ1n) is 4.99. The number of carbonyl (C=O) groups excluding carboxylic acids is 2. The lowest BCUT2D eigenvalue weighted by atomic mass is 10.0. The van der Waals surface area contributed by atoms with E-state index in [2.05, 4.69) is 10.6 Å². The molecule has 0 aromatic rings. The monoisotopic (exact) mass is 216 g/mol. The summed E-state index contributed by atoms with van der Waals surface area (Å²) in [5.74, 6) is 0.168. The van der Waals surface area contributed by atoms with E-state index in [1.54, 1.807) is 0 Å². The molecule has 0 spiro atoms. The number of amides is 3. The van der Waals surface area contributed by atoms with E-state index in [4.69, 9.17) is 11.5 Å². The van der Waals surface area contributed by atoms with Crippen LogP contribution in [0, 0.1) is 5.92 Å². The predicted octanol–water partition coefficient (Wildman–Crippen LogP) is -0.856. The molecule has 0 saturated carbocycles. The van der Waals surface area contributed by atoms with Gasteiger partial charge in [-0.3, -0.25) is 4.79 Å². The normalized spacial score (nSPS) is 12.3. The fourth-order valence-electron chi connectivity index (χ4n) is 0.910. The van der Waals surface area contributed by atoms with E-state index < -0.39 is 6.03 Å². The van der Waals surface area contributed by atoms with Gasteiger partial charge in [-0.25, -0.2) is 4.79 Å². The summed E-state index contributed by atoms with van der Waals surface area (Å²) in [6, 6.07) is -0.725. The van der Waals surface area contributed by atoms with E-state index in [9.17, 15) is 9.59 Å². The van der Waals surface area contributed by atoms with Crippen LogP contribution in [0.4, 0.5) is 4.79 Å². The van der Waals surface area contributed by atoms with Crippen molar-refractivity contribution in [1.29, 1.82) is 0 Å². The van der Waals surface area contributed by atoms with Gasteiger partial charge in [0.2, 0.25) is 5.91 Å². The number of hydrogen-bond donors (Lipinski definition) is 4. The van der Waals surface area contributed by atoms with E-state index in [1.807, 2.05) is 13.8 Å². The highest BCUT2D eigenvalue weighted by Gasteiger charge is 2.12. The first kappa shape index (κ1) is 13.7. The third kappa shape index (κ3) is 7.75. The minimum absolute atomic E-state index is 0.109. The Kier molecular flexibility index (Phi) is 6.44. The van der Waals surface area contributed by atoms with Crippen LogP contribution in [0.15, 0.2) is 0 Å². The molecule has 88 valence electrons. The summed E-state index contributed by atoms with van der Waals surface area (Å²) in [5, 5.41) is 5.00. The Balaban J connectivity index is 3.53. The van der Waals surface area contributed by atoms with E-state index in [-0.39, 0.29) is 17.9 Å². The highest BCUT2D eigenvalue weighted by molar-refractivity contribution is 5.76. The largest absolute Gasteiger partial charge is 0.354 e. The molecule has 0 bridgehead atoms. The zero-order valence-corrected chi connectivity index (χ0v) is 9.25. The lowest BCUT2D eigenvalue weighted by Gasteiger charge is -2.14. The van der Waals surface area contributed by atoms with Gasteiger partial charge in [-0.15, -0.1) is 0 Å². The molecule has 0 aliphatic heterocycles. The van der Waals surface area contributed by atoms with Gasteiger partial charge < -0.3 is 22.1 Å². The molecule has 15 heavy (non-hydrogen) atoms. The van der Waals surface area contributed by atoms with Gasteiger partial charge in [-0.2, -0.15) is 0 Å². The van der Waals surface area contributed by atoms with Crippen molar-refractivity contribution in [3.05, 3.63) is 0 Å². The highest BCUT2D eigenvalue weighted by atomic mass is 16.2. The molecule has 0 rings (SSSR count). The van der Waals surface area contributed by atoms with E-state index in [1.165, 1.54) is 0 Å². The van der Waals surface area contributed by atoms with Gasteiger partial charge in [0, 0.05) is 25.6 Å². The zero-order chi connectivity index (χ0) is 11.8. The molecule has 0 radical (unpaired) electrons. The maximum absolute atomic E-state index is 11.3. The summed E-state index contributed by atoms with van der Waals surface area (Å²) in [4.78, 5) is 21.6. The van der Waals surface area contributed by atoms with Gasteiger partial charge in [-0.1, -0.05) is 13.8 Å². The van der Waals surface area contributed by atoms with Crippen LogP contribution in [-0.2, 0) is 4.79 Å². The minimum atomic E-state index is -0.594. The van der Waals surface area contributed by atoms with Crippen molar-refractivity contribution >= 4 is 11.9 Å². The Morgan fingerprint density at radius 2 is 1.73 bits per heavy atom. The Labute approximate surface area is 89.8 Å². The third-order valence-corrected chi connectivity index (χ3v) is 2.02. The Morgan fingerprint density at radius 3 is 2.20 bits per heavy atom. The number of nitrogens with two attached hydrogens (primary N) is 2.